The molecule has 0 saturated carbocycles. The highest BCUT2D eigenvalue weighted by molar-refractivity contribution is 7.08. The summed E-state index contributed by atoms with van der Waals surface area (Å²) in [6.07, 6.45) is 1.72. The standard InChI is InChI=1S/C9H13N5S/c1-6-4-15-5-7(6)9(12-10)8-3-11-13-14(8)2/h3-5,9,12H,10H2,1-2H3. The summed E-state index contributed by atoms with van der Waals surface area (Å²) >= 11 is 1.67. The summed E-state index contributed by atoms with van der Waals surface area (Å²) in [6.45, 7) is 2.07. The van der Waals surface area contributed by atoms with E-state index in [9.17, 15) is 0 Å². The second kappa shape index (κ2) is 4.09. The SMILES string of the molecule is Cc1cscc1C(NN)c1cnnn1C. The lowest BCUT2D eigenvalue weighted by molar-refractivity contribution is 0.569. The van der Waals surface area contributed by atoms with Crippen LogP contribution in [0.4, 0.5) is 0 Å². The Hall–Kier alpha value is -1.24. The largest absolute Gasteiger partial charge is 0.271 e. The van der Waals surface area contributed by atoms with Crippen LogP contribution in [-0.2, 0) is 7.05 Å². The molecular formula is C9H13N5S. The van der Waals surface area contributed by atoms with Gasteiger partial charge in [0.05, 0.1) is 17.9 Å². The molecule has 2 aromatic rings. The Labute approximate surface area is 91.9 Å². The summed E-state index contributed by atoms with van der Waals surface area (Å²) in [6, 6.07) is -0.0451. The molecule has 0 aromatic carbocycles. The van der Waals surface area contributed by atoms with Gasteiger partial charge < -0.3 is 0 Å². The molecule has 0 aliphatic rings. The maximum atomic E-state index is 5.58. The molecule has 1 atom stereocenters. The van der Waals surface area contributed by atoms with Crippen molar-refractivity contribution in [2.75, 3.05) is 0 Å². The molecule has 2 heterocycles. The number of nitrogens with one attached hydrogen (secondary N) is 1. The van der Waals surface area contributed by atoms with Gasteiger partial charge in [0.15, 0.2) is 0 Å². The van der Waals surface area contributed by atoms with Crippen molar-refractivity contribution in [2.45, 2.75) is 13.0 Å². The summed E-state index contributed by atoms with van der Waals surface area (Å²) in [5.41, 5.74) is 6.15. The summed E-state index contributed by atoms with van der Waals surface area (Å²) in [4.78, 5) is 0. The lowest BCUT2D eigenvalue weighted by Crippen LogP contribution is -2.30. The van der Waals surface area contributed by atoms with Crippen molar-refractivity contribution in [3.8, 4) is 0 Å². The lowest BCUT2D eigenvalue weighted by Gasteiger charge is -2.15. The fourth-order valence-electron chi connectivity index (χ4n) is 1.56. The molecule has 6 heteroatoms. The predicted octanol–water partition coefficient (Wildman–Crippen LogP) is 0.738. The van der Waals surface area contributed by atoms with E-state index in [4.69, 9.17) is 5.84 Å². The first kappa shape index (κ1) is 10.3. The number of aryl methyl sites for hydroxylation is 2. The summed E-state index contributed by atoms with van der Waals surface area (Å²) in [5, 5.41) is 11.9. The highest BCUT2D eigenvalue weighted by Crippen LogP contribution is 2.25. The number of hydrogen-bond donors (Lipinski definition) is 2. The highest BCUT2D eigenvalue weighted by Gasteiger charge is 2.18. The number of hydrogen-bond acceptors (Lipinski definition) is 5. The van der Waals surface area contributed by atoms with Crippen LogP contribution in [0.15, 0.2) is 17.0 Å². The maximum absolute atomic E-state index is 5.58. The molecule has 0 amide bonds. The summed E-state index contributed by atoms with van der Waals surface area (Å²) in [7, 11) is 1.86. The molecule has 3 N–H and O–H groups in total. The first-order valence-corrected chi connectivity index (χ1v) is 5.51. The van der Waals surface area contributed by atoms with Crippen LogP contribution >= 0.6 is 11.3 Å². The molecule has 2 aromatic heterocycles. The third kappa shape index (κ3) is 1.79. The average molecular weight is 223 g/mol. The zero-order valence-electron chi connectivity index (χ0n) is 8.64. The Morgan fingerprint density at radius 1 is 1.53 bits per heavy atom. The fraction of sp³-hybridized carbons (Fsp3) is 0.333. The van der Waals surface area contributed by atoms with Crippen LogP contribution in [-0.4, -0.2) is 15.0 Å². The van der Waals surface area contributed by atoms with Gasteiger partial charge >= 0.3 is 0 Å². The molecule has 0 spiro atoms. The van der Waals surface area contributed by atoms with Crippen molar-refractivity contribution >= 4 is 11.3 Å². The quantitative estimate of drug-likeness (QED) is 0.595. The van der Waals surface area contributed by atoms with Crippen molar-refractivity contribution in [1.29, 1.82) is 0 Å². The van der Waals surface area contributed by atoms with E-state index >= 15 is 0 Å². The first-order valence-electron chi connectivity index (χ1n) is 4.57. The normalized spacial score (nSPS) is 13.0. The molecule has 0 aliphatic carbocycles. The molecule has 0 aliphatic heterocycles. The Morgan fingerprint density at radius 2 is 2.33 bits per heavy atom. The van der Waals surface area contributed by atoms with Gasteiger partial charge in [0.25, 0.3) is 0 Å². The van der Waals surface area contributed by atoms with E-state index in [-0.39, 0.29) is 6.04 Å². The monoisotopic (exact) mass is 223 g/mol. The smallest absolute Gasteiger partial charge is 0.0905 e. The van der Waals surface area contributed by atoms with Gasteiger partial charge in [-0.15, -0.1) is 5.10 Å². The molecule has 0 fully saturated rings. The Bertz CT molecular complexity index is 407. The zero-order valence-corrected chi connectivity index (χ0v) is 9.45. The molecule has 80 valence electrons. The average Bonchev–Trinajstić information content (AvgIpc) is 2.80. The number of thiophene rings is 1. The van der Waals surface area contributed by atoms with E-state index in [0.717, 1.165) is 5.69 Å². The van der Waals surface area contributed by atoms with Crippen molar-refractivity contribution in [3.63, 3.8) is 0 Å². The van der Waals surface area contributed by atoms with Gasteiger partial charge in [-0.3, -0.25) is 10.5 Å². The minimum Gasteiger partial charge on any atom is -0.271 e. The first-order chi connectivity index (χ1) is 7.24. The van der Waals surface area contributed by atoms with Gasteiger partial charge in [0.1, 0.15) is 0 Å². The molecule has 15 heavy (non-hydrogen) atoms. The molecule has 2 rings (SSSR count). The molecule has 1 unspecified atom stereocenters. The number of aromatic nitrogens is 3. The third-order valence-corrected chi connectivity index (χ3v) is 3.30. The van der Waals surface area contributed by atoms with Gasteiger partial charge in [-0.1, -0.05) is 5.21 Å². The van der Waals surface area contributed by atoms with Crippen LogP contribution in [0.1, 0.15) is 22.9 Å². The fourth-order valence-corrected chi connectivity index (χ4v) is 2.44. The molecule has 0 bridgehead atoms. The maximum Gasteiger partial charge on any atom is 0.0905 e. The van der Waals surface area contributed by atoms with E-state index in [1.807, 2.05) is 7.05 Å². The second-order valence-electron chi connectivity index (χ2n) is 3.39. The highest BCUT2D eigenvalue weighted by atomic mass is 32.1. The topological polar surface area (TPSA) is 68.8 Å². The van der Waals surface area contributed by atoms with Gasteiger partial charge in [-0.05, 0) is 28.8 Å². The Balaban J connectivity index is 2.41. The van der Waals surface area contributed by atoms with Gasteiger partial charge in [0.2, 0.25) is 0 Å². The van der Waals surface area contributed by atoms with Crippen molar-refractivity contribution in [1.82, 2.24) is 20.4 Å². The minimum atomic E-state index is -0.0451. The van der Waals surface area contributed by atoms with Gasteiger partial charge in [0, 0.05) is 7.05 Å². The van der Waals surface area contributed by atoms with Crippen molar-refractivity contribution < 1.29 is 0 Å². The lowest BCUT2D eigenvalue weighted by atomic mass is 10.0. The van der Waals surface area contributed by atoms with E-state index in [1.54, 1.807) is 22.2 Å². The van der Waals surface area contributed by atoms with Crippen LogP contribution in [0.2, 0.25) is 0 Å². The number of nitrogens with two attached hydrogens (primary N) is 1. The number of nitrogens with zero attached hydrogens (tertiary/aromatic N) is 3. The van der Waals surface area contributed by atoms with Crippen LogP contribution < -0.4 is 11.3 Å². The van der Waals surface area contributed by atoms with Crippen LogP contribution in [0, 0.1) is 6.92 Å². The Morgan fingerprint density at radius 3 is 2.80 bits per heavy atom. The van der Waals surface area contributed by atoms with Gasteiger partial charge in [-0.2, -0.15) is 11.3 Å². The van der Waals surface area contributed by atoms with Gasteiger partial charge in [-0.25, -0.2) is 5.43 Å². The van der Waals surface area contributed by atoms with E-state index in [1.165, 1.54) is 11.1 Å². The van der Waals surface area contributed by atoms with Crippen molar-refractivity contribution in [3.05, 3.63) is 33.8 Å². The Kier molecular flexibility index (Phi) is 2.81. The van der Waals surface area contributed by atoms with E-state index in [0.29, 0.717) is 0 Å². The third-order valence-electron chi connectivity index (χ3n) is 2.42. The van der Waals surface area contributed by atoms with Crippen molar-refractivity contribution in [2.24, 2.45) is 12.9 Å². The van der Waals surface area contributed by atoms with E-state index < -0.39 is 0 Å². The molecule has 0 radical (unpaired) electrons. The van der Waals surface area contributed by atoms with Crippen LogP contribution in [0.5, 0.6) is 0 Å². The minimum absolute atomic E-state index is 0.0451. The molecule has 5 nitrogen and oxygen atoms in total. The zero-order chi connectivity index (χ0) is 10.8. The predicted molar refractivity (Wildman–Crippen MR) is 59.2 cm³/mol. The number of hydrazine groups is 1. The molecule has 0 saturated heterocycles. The summed E-state index contributed by atoms with van der Waals surface area (Å²) < 4.78 is 1.72. The van der Waals surface area contributed by atoms with Crippen LogP contribution in [0.25, 0.3) is 0 Å². The number of rotatable bonds is 3. The second-order valence-corrected chi connectivity index (χ2v) is 4.14. The van der Waals surface area contributed by atoms with E-state index in [2.05, 4.69) is 33.4 Å². The summed E-state index contributed by atoms with van der Waals surface area (Å²) in [5.74, 6) is 5.58. The molecular weight excluding hydrogens is 210 g/mol. The van der Waals surface area contributed by atoms with Crippen LogP contribution in [0.3, 0.4) is 0 Å².